The number of anilines is 1. The Balaban J connectivity index is 1.74. The molecule has 1 heterocycles. The lowest BCUT2D eigenvalue weighted by molar-refractivity contribution is 0.102. The summed E-state index contributed by atoms with van der Waals surface area (Å²) in [4.78, 5) is 17.8. The number of benzene rings is 1. The highest BCUT2D eigenvalue weighted by atomic mass is 32.1. The molecule has 3 rings (SSSR count). The van der Waals surface area contributed by atoms with Crippen LogP contribution < -0.4 is 5.32 Å². The van der Waals surface area contributed by atoms with E-state index in [1.165, 1.54) is 48.4 Å². The molecule has 0 atom stereocenters. The molecular formula is C15H15FN2OS. The van der Waals surface area contributed by atoms with Crippen LogP contribution in [-0.2, 0) is 12.8 Å². The van der Waals surface area contributed by atoms with Gasteiger partial charge in [-0.05, 0) is 49.9 Å². The van der Waals surface area contributed by atoms with Gasteiger partial charge in [-0.2, -0.15) is 0 Å². The van der Waals surface area contributed by atoms with Crippen LogP contribution in [0.2, 0.25) is 0 Å². The number of carbonyl (C=O) groups is 1. The van der Waals surface area contributed by atoms with E-state index in [1.54, 1.807) is 11.3 Å². The number of hydrogen-bond donors (Lipinski definition) is 1. The molecule has 0 saturated carbocycles. The third-order valence-corrected chi connectivity index (χ3v) is 4.50. The van der Waals surface area contributed by atoms with E-state index in [0.717, 1.165) is 18.5 Å². The molecule has 104 valence electrons. The SMILES string of the molecule is O=C(Nc1nc2c(s1)CCCCC2)c1ccc(F)cc1. The van der Waals surface area contributed by atoms with Crippen LogP contribution in [0, 0.1) is 5.82 Å². The summed E-state index contributed by atoms with van der Waals surface area (Å²) in [5.41, 5.74) is 1.57. The Morgan fingerprint density at radius 3 is 2.70 bits per heavy atom. The van der Waals surface area contributed by atoms with E-state index in [0.29, 0.717) is 10.7 Å². The number of aromatic nitrogens is 1. The molecule has 1 amide bonds. The van der Waals surface area contributed by atoms with E-state index in [1.807, 2.05) is 0 Å². The highest BCUT2D eigenvalue weighted by Gasteiger charge is 2.15. The first-order valence-electron chi connectivity index (χ1n) is 6.78. The summed E-state index contributed by atoms with van der Waals surface area (Å²) in [7, 11) is 0. The molecule has 0 fully saturated rings. The van der Waals surface area contributed by atoms with Crippen molar-refractivity contribution in [3.8, 4) is 0 Å². The van der Waals surface area contributed by atoms with Crippen LogP contribution in [0.25, 0.3) is 0 Å². The monoisotopic (exact) mass is 290 g/mol. The van der Waals surface area contributed by atoms with Crippen molar-refractivity contribution in [2.75, 3.05) is 5.32 Å². The van der Waals surface area contributed by atoms with Gasteiger partial charge < -0.3 is 0 Å². The van der Waals surface area contributed by atoms with E-state index in [4.69, 9.17) is 0 Å². The molecule has 1 aliphatic carbocycles. The lowest BCUT2D eigenvalue weighted by atomic mass is 10.2. The van der Waals surface area contributed by atoms with Crippen molar-refractivity contribution in [1.82, 2.24) is 4.98 Å². The lowest BCUT2D eigenvalue weighted by Gasteiger charge is -2.01. The Bertz CT molecular complexity index is 598. The van der Waals surface area contributed by atoms with E-state index < -0.39 is 0 Å². The highest BCUT2D eigenvalue weighted by Crippen LogP contribution is 2.29. The number of amides is 1. The van der Waals surface area contributed by atoms with Crippen LogP contribution in [0.1, 0.15) is 40.2 Å². The van der Waals surface area contributed by atoms with Gasteiger partial charge in [0.1, 0.15) is 5.82 Å². The first-order valence-corrected chi connectivity index (χ1v) is 7.59. The number of hydrogen-bond acceptors (Lipinski definition) is 3. The van der Waals surface area contributed by atoms with Crippen molar-refractivity contribution in [3.63, 3.8) is 0 Å². The lowest BCUT2D eigenvalue weighted by Crippen LogP contribution is -2.11. The number of nitrogens with zero attached hydrogens (tertiary/aromatic N) is 1. The van der Waals surface area contributed by atoms with Gasteiger partial charge in [-0.25, -0.2) is 9.37 Å². The average molecular weight is 290 g/mol. The predicted octanol–water partition coefficient (Wildman–Crippen LogP) is 3.80. The molecule has 3 nitrogen and oxygen atoms in total. The molecule has 0 radical (unpaired) electrons. The van der Waals surface area contributed by atoms with Gasteiger partial charge in [0, 0.05) is 10.4 Å². The van der Waals surface area contributed by atoms with Crippen LogP contribution in [0.3, 0.4) is 0 Å². The van der Waals surface area contributed by atoms with Gasteiger partial charge >= 0.3 is 0 Å². The van der Waals surface area contributed by atoms with Crippen molar-refractivity contribution in [1.29, 1.82) is 0 Å². The minimum atomic E-state index is -0.345. The van der Waals surface area contributed by atoms with E-state index in [9.17, 15) is 9.18 Å². The van der Waals surface area contributed by atoms with Crippen molar-refractivity contribution in [2.45, 2.75) is 32.1 Å². The Hall–Kier alpha value is -1.75. The first kappa shape index (κ1) is 13.2. The Morgan fingerprint density at radius 1 is 1.15 bits per heavy atom. The van der Waals surface area contributed by atoms with Gasteiger partial charge in [-0.15, -0.1) is 11.3 Å². The molecule has 0 saturated heterocycles. The maximum atomic E-state index is 12.8. The highest BCUT2D eigenvalue weighted by molar-refractivity contribution is 7.15. The minimum absolute atomic E-state index is 0.242. The van der Waals surface area contributed by atoms with Crippen LogP contribution in [0.15, 0.2) is 24.3 Å². The summed E-state index contributed by atoms with van der Waals surface area (Å²) in [6.07, 6.45) is 5.67. The van der Waals surface area contributed by atoms with E-state index in [2.05, 4.69) is 10.3 Å². The van der Waals surface area contributed by atoms with Gasteiger partial charge in [0.15, 0.2) is 5.13 Å². The number of nitrogens with one attached hydrogen (secondary N) is 1. The fraction of sp³-hybridized carbons (Fsp3) is 0.333. The largest absolute Gasteiger partial charge is 0.298 e. The number of aryl methyl sites for hydroxylation is 2. The molecule has 1 aromatic carbocycles. The predicted molar refractivity (Wildman–Crippen MR) is 77.7 cm³/mol. The van der Waals surface area contributed by atoms with Gasteiger partial charge in [-0.1, -0.05) is 6.42 Å². The summed E-state index contributed by atoms with van der Waals surface area (Å²) < 4.78 is 12.8. The Labute approximate surface area is 120 Å². The zero-order valence-electron chi connectivity index (χ0n) is 11.0. The van der Waals surface area contributed by atoms with Gasteiger partial charge in [0.05, 0.1) is 5.69 Å². The number of fused-ring (bicyclic) bond motifs is 1. The molecule has 1 N–H and O–H groups in total. The molecule has 1 aliphatic rings. The molecule has 20 heavy (non-hydrogen) atoms. The normalized spacial score (nSPS) is 14.4. The summed E-state index contributed by atoms with van der Waals surface area (Å²) in [6.45, 7) is 0. The van der Waals surface area contributed by atoms with Crippen LogP contribution in [0.5, 0.6) is 0 Å². The molecule has 0 aliphatic heterocycles. The van der Waals surface area contributed by atoms with Gasteiger partial charge in [0.2, 0.25) is 0 Å². The molecule has 0 spiro atoms. The molecule has 0 unspecified atom stereocenters. The number of thiazole rings is 1. The van der Waals surface area contributed by atoms with Crippen LogP contribution in [-0.4, -0.2) is 10.9 Å². The van der Waals surface area contributed by atoms with Gasteiger partial charge in [-0.3, -0.25) is 10.1 Å². The zero-order chi connectivity index (χ0) is 13.9. The fourth-order valence-corrected chi connectivity index (χ4v) is 3.40. The molecule has 0 bridgehead atoms. The van der Waals surface area contributed by atoms with Crippen LogP contribution in [0.4, 0.5) is 9.52 Å². The summed E-state index contributed by atoms with van der Waals surface area (Å²) in [5, 5.41) is 3.45. The minimum Gasteiger partial charge on any atom is -0.298 e. The summed E-state index contributed by atoms with van der Waals surface area (Å²) in [6, 6.07) is 5.52. The second-order valence-electron chi connectivity index (χ2n) is 4.91. The zero-order valence-corrected chi connectivity index (χ0v) is 11.8. The fourth-order valence-electron chi connectivity index (χ4n) is 2.35. The molecular weight excluding hydrogens is 275 g/mol. The average Bonchev–Trinajstić information content (AvgIpc) is 2.68. The summed E-state index contributed by atoms with van der Waals surface area (Å²) in [5.74, 6) is -0.587. The second-order valence-corrected chi connectivity index (χ2v) is 5.99. The standard InChI is InChI=1S/C15H15FN2OS/c16-11-8-6-10(7-9-11)14(19)18-15-17-12-4-2-1-3-5-13(12)20-15/h6-9H,1-5H2,(H,17,18,19). The number of carbonyl (C=O) groups excluding carboxylic acids is 1. The topological polar surface area (TPSA) is 42.0 Å². The van der Waals surface area contributed by atoms with Crippen molar-refractivity contribution in [2.24, 2.45) is 0 Å². The van der Waals surface area contributed by atoms with E-state index >= 15 is 0 Å². The molecule has 5 heteroatoms. The smallest absolute Gasteiger partial charge is 0.257 e. The van der Waals surface area contributed by atoms with Crippen LogP contribution >= 0.6 is 11.3 Å². The molecule has 2 aromatic rings. The maximum Gasteiger partial charge on any atom is 0.257 e. The third kappa shape index (κ3) is 2.88. The number of halogens is 1. The Kier molecular flexibility index (Phi) is 3.78. The Morgan fingerprint density at radius 2 is 1.90 bits per heavy atom. The first-order chi connectivity index (χ1) is 9.72. The maximum absolute atomic E-state index is 12.8. The summed E-state index contributed by atoms with van der Waals surface area (Å²) >= 11 is 1.56. The quantitative estimate of drug-likeness (QED) is 0.855. The van der Waals surface area contributed by atoms with Gasteiger partial charge in [0.25, 0.3) is 5.91 Å². The molecule has 1 aromatic heterocycles. The third-order valence-electron chi connectivity index (χ3n) is 3.42. The second kappa shape index (κ2) is 5.71. The van der Waals surface area contributed by atoms with Crippen molar-refractivity contribution in [3.05, 3.63) is 46.2 Å². The van der Waals surface area contributed by atoms with E-state index in [-0.39, 0.29) is 11.7 Å². The van der Waals surface area contributed by atoms with Crippen molar-refractivity contribution < 1.29 is 9.18 Å². The number of rotatable bonds is 2. The van der Waals surface area contributed by atoms with Crippen molar-refractivity contribution >= 4 is 22.4 Å².